The Morgan fingerprint density at radius 3 is 2.33 bits per heavy atom. The molecule has 1 saturated heterocycles. The van der Waals surface area contributed by atoms with Crippen LogP contribution in [0.1, 0.15) is 44.1 Å². The third-order valence-electron chi connectivity index (χ3n) is 9.55. The predicted molar refractivity (Wildman–Crippen MR) is 199 cm³/mol. The maximum atomic E-state index is 14.1. The number of benzene rings is 2. The number of hydrogen-bond donors (Lipinski definition) is 5. The van der Waals surface area contributed by atoms with E-state index in [1.807, 2.05) is 24.3 Å². The van der Waals surface area contributed by atoms with Crippen LogP contribution in [0.3, 0.4) is 0 Å². The van der Waals surface area contributed by atoms with Crippen LogP contribution in [0.2, 0.25) is 5.28 Å². The summed E-state index contributed by atoms with van der Waals surface area (Å²) in [5.41, 5.74) is 15.6. The molecule has 2 fully saturated rings. The lowest BCUT2D eigenvalue weighted by Crippen LogP contribution is -2.50. The van der Waals surface area contributed by atoms with E-state index in [1.165, 1.54) is 11.1 Å². The van der Waals surface area contributed by atoms with Crippen molar-refractivity contribution in [1.29, 1.82) is 0 Å². The summed E-state index contributed by atoms with van der Waals surface area (Å²) in [6.45, 7) is 2.10. The molecule has 0 radical (unpaired) electrons. The molecule has 2 aliphatic rings. The molecule has 7 N–H and O–H groups in total. The first-order chi connectivity index (χ1) is 24.1. The second-order valence-corrected chi connectivity index (χ2v) is 15.1. The van der Waals surface area contributed by atoms with Gasteiger partial charge >= 0.3 is 0 Å². The van der Waals surface area contributed by atoms with E-state index in [-0.39, 0.29) is 46.9 Å². The molecule has 1 saturated carbocycles. The highest BCUT2D eigenvalue weighted by molar-refractivity contribution is 7.89. The van der Waals surface area contributed by atoms with Gasteiger partial charge in [-0.3, -0.25) is 14.6 Å². The van der Waals surface area contributed by atoms with Gasteiger partial charge in [-0.15, -0.1) is 22.6 Å². The van der Waals surface area contributed by atoms with Gasteiger partial charge in [0.05, 0.1) is 11.7 Å². The number of anilines is 1. The summed E-state index contributed by atoms with van der Waals surface area (Å²) in [5.74, 6) is -0.306. The fraction of sp³-hybridized carbons (Fsp3) is 0.400. The number of carbonyl (C=O) groups is 2. The van der Waals surface area contributed by atoms with Crippen LogP contribution in [0.15, 0.2) is 71.9 Å². The number of H-pyrrole nitrogens is 1. The molecule has 0 bridgehead atoms. The third kappa shape index (κ3) is 9.38. The molecule has 4 aromatic rings. The van der Waals surface area contributed by atoms with E-state index in [4.69, 9.17) is 23.1 Å². The maximum Gasteiger partial charge on any atom is 0.251 e. The predicted octanol–water partition coefficient (Wildman–Crippen LogP) is 3.83. The number of nitrogens with one attached hydrogen (secondary N) is 3. The number of carbonyl (C=O) groups excluding carboxylic acids is 2. The van der Waals surface area contributed by atoms with Crippen LogP contribution in [-0.4, -0.2) is 72.1 Å². The van der Waals surface area contributed by atoms with Gasteiger partial charge in [0, 0.05) is 35.5 Å². The van der Waals surface area contributed by atoms with E-state index >= 15 is 0 Å². The Hall–Kier alpha value is -3.76. The molecular weight excluding hydrogens is 713 g/mol. The minimum Gasteiger partial charge on any atom is -0.330 e. The average Bonchev–Trinajstić information content (AvgIpc) is 3.58. The smallest absolute Gasteiger partial charge is 0.251 e. The second-order valence-electron chi connectivity index (χ2n) is 13.0. The number of halogens is 2. The van der Waals surface area contributed by atoms with Gasteiger partial charge in [-0.05, 0) is 124 Å². The lowest BCUT2D eigenvalue weighted by molar-refractivity contribution is -0.130. The number of piperidine rings is 1. The molecule has 1 aliphatic carbocycles. The fourth-order valence-electron chi connectivity index (χ4n) is 6.67. The zero-order valence-corrected chi connectivity index (χ0v) is 30.4. The molecule has 51 heavy (non-hydrogen) atoms. The first kappa shape index (κ1) is 38.5. The van der Waals surface area contributed by atoms with Gasteiger partial charge in [0.25, 0.3) is 5.91 Å². The number of hydrogen-bond acceptors (Lipinski definition) is 10. The molecule has 2 aromatic carbocycles. The molecule has 0 unspecified atom stereocenters. The van der Waals surface area contributed by atoms with E-state index in [9.17, 15) is 18.0 Å². The Kier molecular flexibility index (Phi) is 13.0. The molecule has 2 aromatic heterocycles. The SMILES string of the molecule is Cl.NC[C@H]1CC[C@H](C(=O)N(C(=O)[C@@H](N)Cc2cccc(-c3cncc(S(=O)(=O)NC4CCNCC4)c3)c2)c2ccc(-c3nnc(Cl)[nH]3)cc2)CC1. The first-order valence-electron chi connectivity index (χ1n) is 16.9. The van der Waals surface area contributed by atoms with Crippen molar-refractivity contribution >= 4 is 51.5 Å². The van der Waals surface area contributed by atoms with Gasteiger partial charge in [0.1, 0.15) is 4.90 Å². The zero-order chi connectivity index (χ0) is 35.3. The van der Waals surface area contributed by atoms with E-state index in [1.54, 1.807) is 36.5 Å². The molecule has 0 spiro atoms. The highest BCUT2D eigenvalue weighted by atomic mass is 35.5. The van der Waals surface area contributed by atoms with Crippen molar-refractivity contribution in [3.05, 3.63) is 77.8 Å². The molecule has 13 nitrogen and oxygen atoms in total. The minimum absolute atomic E-state index is 0. The van der Waals surface area contributed by atoms with Crippen molar-refractivity contribution in [1.82, 2.24) is 30.2 Å². The Morgan fingerprint density at radius 1 is 0.941 bits per heavy atom. The number of aromatic nitrogens is 4. The molecule has 2 amide bonds. The molecule has 272 valence electrons. The number of nitrogens with zero attached hydrogens (tertiary/aromatic N) is 4. The van der Waals surface area contributed by atoms with Crippen LogP contribution in [0, 0.1) is 11.8 Å². The molecule has 3 heterocycles. The van der Waals surface area contributed by atoms with Crippen molar-refractivity contribution in [2.75, 3.05) is 24.5 Å². The highest BCUT2D eigenvalue weighted by Crippen LogP contribution is 2.32. The summed E-state index contributed by atoms with van der Waals surface area (Å²) in [4.78, 5) is 36.5. The molecular formula is C35H43Cl2N9O4S. The average molecular weight is 757 g/mol. The molecule has 6 rings (SSSR count). The number of amides is 2. The lowest BCUT2D eigenvalue weighted by Gasteiger charge is -2.32. The van der Waals surface area contributed by atoms with Crippen molar-refractivity contribution < 1.29 is 18.0 Å². The monoisotopic (exact) mass is 755 g/mol. The lowest BCUT2D eigenvalue weighted by atomic mass is 9.81. The Bertz CT molecular complexity index is 1910. The Balaban J connectivity index is 0.00000504. The zero-order valence-electron chi connectivity index (χ0n) is 28.0. The standard InChI is InChI=1S/C35H42ClN9O4S.ClH/c36-35-41-32(42-43-35)24-8-10-29(11-9-24)45(33(46)25-6-4-22(19-37)5-7-25)34(47)31(38)17-23-2-1-3-26(16-23)27-18-30(21-40-20-27)50(48,49)44-28-12-14-39-15-13-28;/h1-3,8-11,16,18,20-22,25,28,31,39,44H,4-7,12-15,17,19,37-38H2,(H,41,42,43);1H/t22-,25-,31-;/m0./s1. The van der Waals surface area contributed by atoms with Crippen molar-refractivity contribution in [2.45, 2.75) is 61.9 Å². The number of imide groups is 1. The van der Waals surface area contributed by atoms with Crippen molar-refractivity contribution in [3.8, 4) is 22.5 Å². The van der Waals surface area contributed by atoms with Crippen LogP contribution < -0.4 is 26.4 Å². The third-order valence-corrected chi connectivity index (χ3v) is 11.2. The van der Waals surface area contributed by atoms with E-state index in [2.05, 4.69) is 30.2 Å². The summed E-state index contributed by atoms with van der Waals surface area (Å²) < 4.78 is 29.1. The van der Waals surface area contributed by atoms with Gasteiger partial charge in [0.15, 0.2) is 5.82 Å². The molecule has 1 atom stereocenters. The van der Waals surface area contributed by atoms with Crippen LogP contribution >= 0.6 is 24.0 Å². The topological polar surface area (TPSA) is 202 Å². The van der Waals surface area contributed by atoms with Crippen LogP contribution in [0.25, 0.3) is 22.5 Å². The minimum atomic E-state index is -3.77. The van der Waals surface area contributed by atoms with Gasteiger partial charge in [-0.1, -0.05) is 24.3 Å². The van der Waals surface area contributed by atoms with Crippen LogP contribution in [0.5, 0.6) is 0 Å². The van der Waals surface area contributed by atoms with Gasteiger partial charge < -0.3 is 21.8 Å². The molecule has 1 aliphatic heterocycles. The number of nitrogens with two attached hydrogens (primary N) is 2. The van der Waals surface area contributed by atoms with Crippen LogP contribution in [-0.2, 0) is 26.0 Å². The molecule has 16 heteroatoms. The first-order valence-corrected chi connectivity index (χ1v) is 18.8. The summed E-state index contributed by atoms with van der Waals surface area (Å²) in [6.07, 6.45) is 7.46. The number of sulfonamides is 1. The number of rotatable bonds is 11. The van der Waals surface area contributed by atoms with E-state index < -0.39 is 22.0 Å². The highest BCUT2D eigenvalue weighted by Gasteiger charge is 2.35. The van der Waals surface area contributed by atoms with E-state index in [0.29, 0.717) is 47.9 Å². The van der Waals surface area contributed by atoms with Gasteiger partial charge in [0.2, 0.25) is 21.2 Å². The maximum absolute atomic E-state index is 14.1. The summed E-state index contributed by atoms with van der Waals surface area (Å²) in [7, 11) is -3.77. The fourth-order valence-corrected chi connectivity index (χ4v) is 8.09. The summed E-state index contributed by atoms with van der Waals surface area (Å²) in [6, 6.07) is 14.7. The second kappa shape index (κ2) is 17.2. The number of aromatic amines is 1. The van der Waals surface area contributed by atoms with E-state index in [0.717, 1.165) is 49.9 Å². The van der Waals surface area contributed by atoms with Crippen molar-refractivity contribution in [2.24, 2.45) is 23.3 Å². The van der Waals surface area contributed by atoms with Gasteiger partial charge in [-0.2, -0.15) is 0 Å². The summed E-state index contributed by atoms with van der Waals surface area (Å²) in [5, 5.41) is 11.2. The van der Waals surface area contributed by atoms with Crippen molar-refractivity contribution in [3.63, 3.8) is 0 Å². The largest absolute Gasteiger partial charge is 0.330 e. The van der Waals surface area contributed by atoms with Crippen LogP contribution in [0.4, 0.5) is 5.69 Å². The normalized spacial score (nSPS) is 18.8. The Morgan fingerprint density at radius 2 is 1.67 bits per heavy atom. The van der Waals surface area contributed by atoms with Gasteiger partial charge in [-0.25, -0.2) is 18.0 Å². The summed E-state index contributed by atoms with van der Waals surface area (Å²) >= 11 is 5.91. The number of pyridine rings is 1. The Labute approximate surface area is 308 Å². The quantitative estimate of drug-likeness (QED) is 0.150.